The lowest BCUT2D eigenvalue weighted by molar-refractivity contribution is -0.138. The van der Waals surface area contributed by atoms with E-state index in [0.29, 0.717) is 12.5 Å². The van der Waals surface area contributed by atoms with Crippen LogP contribution in [0, 0.1) is 12.8 Å². The molecular weight excluding hydrogens is 412 g/mol. The Hall–Kier alpha value is -2.37. The summed E-state index contributed by atoms with van der Waals surface area (Å²) in [7, 11) is 1.70. The highest BCUT2D eigenvalue weighted by Gasteiger charge is 2.29. The quantitative estimate of drug-likeness (QED) is 0.568. The van der Waals surface area contributed by atoms with Gasteiger partial charge in [-0.15, -0.1) is 0 Å². The topological polar surface area (TPSA) is 42.0 Å². The van der Waals surface area contributed by atoms with Crippen molar-refractivity contribution in [1.29, 1.82) is 0 Å². The first-order valence-corrected chi connectivity index (χ1v) is 12.4. The molecule has 1 heterocycles. The molecular formula is C28H38N2O3. The van der Waals surface area contributed by atoms with E-state index in [1.807, 2.05) is 12.1 Å². The number of hydrogen-bond acceptors (Lipinski definition) is 4. The molecule has 5 heteroatoms. The van der Waals surface area contributed by atoms with Gasteiger partial charge in [0.15, 0.2) is 0 Å². The Morgan fingerprint density at radius 1 is 1.00 bits per heavy atom. The van der Waals surface area contributed by atoms with Crippen molar-refractivity contribution >= 4 is 5.91 Å². The highest BCUT2D eigenvalue weighted by atomic mass is 16.5. The lowest BCUT2D eigenvalue weighted by Crippen LogP contribution is -2.51. The van der Waals surface area contributed by atoms with E-state index in [9.17, 15) is 4.79 Å². The van der Waals surface area contributed by atoms with E-state index in [-0.39, 0.29) is 12.0 Å². The number of carbonyl (C=O) groups excluding carboxylic acids is 1. The second-order valence-corrected chi connectivity index (χ2v) is 9.52. The number of aryl methyl sites for hydroxylation is 1. The fourth-order valence-corrected chi connectivity index (χ4v) is 4.97. The van der Waals surface area contributed by atoms with Crippen molar-refractivity contribution in [1.82, 2.24) is 9.80 Å². The summed E-state index contributed by atoms with van der Waals surface area (Å²) in [5, 5.41) is 0. The van der Waals surface area contributed by atoms with Crippen LogP contribution in [0.15, 0.2) is 48.5 Å². The number of ether oxygens (including phenoxy) is 2. The molecule has 0 N–H and O–H groups in total. The minimum atomic E-state index is -0.0537. The van der Waals surface area contributed by atoms with Gasteiger partial charge in [0.25, 0.3) is 0 Å². The molecule has 2 fully saturated rings. The van der Waals surface area contributed by atoms with Gasteiger partial charge in [-0.05, 0) is 43.0 Å². The van der Waals surface area contributed by atoms with Crippen molar-refractivity contribution in [2.45, 2.75) is 51.7 Å². The van der Waals surface area contributed by atoms with Crippen molar-refractivity contribution in [2.24, 2.45) is 5.92 Å². The Kier molecular flexibility index (Phi) is 8.40. The van der Waals surface area contributed by atoms with Crippen LogP contribution >= 0.6 is 0 Å². The zero-order valence-electron chi connectivity index (χ0n) is 20.2. The van der Waals surface area contributed by atoms with Gasteiger partial charge in [0.2, 0.25) is 5.91 Å². The van der Waals surface area contributed by atoms with E-state index in [2.05, 4.69) is 53.1 Å². The first-order chi connectivity index (χ1) is 16.1. The molecule has 0 unspecified atom stereocenters. The van der Waals surface area contributed by atoms with Gasteiger partial charge in [-0.2, -0.15) is 0 Å². The maximum absolute atomic E-state index is 12.9. The van der Waals surface area contributed by atoms with Crippen LogP contribution < -0.4 is 4.74 Å². The summed E-state index contributed by atoms with van der Waals surface area (Å²) in [6.07, 6.45) is 5.79. The highest BCUT2D eigenvalue weighted by Crippen LogP contribution is 2.27. The SMILES string of the molecule is COc1cccc([C@H](CN2CCN(C(=O)C3CCCCC3)CC2)OCc2ccc(C)cc2)c1. The van der Waals surface area contributed by atoms with Crippen LogP contribution in [0.1, 0.15) is 54.9 Å². The average molecular weight is 451 g/mol. The van der Waals surface area contributed by atoms with Crippen molar-refractivity contribution in [3.63, 3.8) is 0 Å². The first kappa shape index (κ1) is 23.8. The number of benzene rings is 2. The summed E-state index contributed by atoms with van der Waals surface area (Å²) in [6.45, 7) is 6.91. The maximum atomic E-state index is 12.9. The van der Waals surface area contributed by atoms with Crippen LogP contribution in [0.3, 0.4) is 0 Å². The second kappa shape index (κ2) is 11.7. The molecule has 178 valence electrons. The zero-order valence-corrected chi connectivity index (χ0v) is 20.2. The molecule has 4 rings (SSSR count). The molecule has 0 aromatic heterocycles. The van der Waals surface area contributed by atoms with Gasteiger partial charge in [0.05, 0.1) is 19.8 Å². The summed E-state index contributed by atoms with van der Waals surface area (Å²) >= 11 is 0. The number of piperazine rings is 1. The standard InChI is InChI=1S/C28H38N2O3/c1-22-11-13-23(14-12-22)21-33-27(25-9-6-10-26(19-25)32-2)20-29-15-17-30(18-16-29)28(31)24-7-4-3-5-8-24/h6,9-14,19,24,27H,3-5,7-8,15-18,20-21H2,1-2H3/t27-/m0/s1. The van der Waals surface area contributed by atoms with Crippen LogP contribution in [0.5, 0.6) is 5.75 Å². The van der Waals surface area contributed by atoms with E-state index in [1.54, 1.807) is 7.11 Å². The summed E-state index contributed by atoms with van der Waals surface area (Å²) < 4.78 is 11.9. The van der Waals surface area contributed by atoms with Crippen molar-refractivity contribution in [2.75, 3.05) is 39.8 Å². The van der Waals surface area contributed by atoms with Gasteiger partial charge in [-0.3, -0.25) is 9.69 Å². The van der Waals surface area contributed by atoms with Crippen LogP contribution in [0.4, 0.5) is 0 Å². The van der Waals surface area contributed by atoms with Crippen molar-refractivity contribution < 1.29 is 14.3 Å². The van der Waals surface area contributed by atoms with Crippen LogP contribution in [-0.2, 0) is 16.1 Å². The molecule has 1 atom stereocenters. The van der Waals surface area contributed by atoms with E-state index in [1.165, 1.54) is 30.4 Å². The molecule has 1 aliphatic heterocycles. The fourth-order valence-electron chi connectivity index (χ4n) is 4.97. The molecule has 5 nitrogen and oxygen atoms in total. The second-order valence-electron chi connectivity index (χ2n) is 9.52. The largest absolute Gasteiger partial charge is 0.497 e. The molecule has 1 saturated carbocycles. The third-order valence-corrected chi connectivity index (χ3v) is 7.10. The molecule has 1 aliphatic carbocycles. The van der Waals surface area contributed by atoms with Crippen LogP contribution in [-0.4, -0.2) is 55.5 Å². The van der Waals surface area contributed by atoms with Crippen molar-refractivity contribution in [3.8, 4) is 5.75 Å². The third kappa shape index (κ3) is 6.58. The van der Waals surface area contributed by atoms with Crippen molar-refractivity contribution in [3.05, 3.63) is 65.2 Å². The minimum Gasteiger partial charge on any atom is -0.497 e. The fraction of sp³-hybridized carbons (Fsp3) is 0.536. The molecule has 0 radical (unpaired) electrons. The molecule has 0 spiro atoms. The third-order valence-electron chi connectivity index (χ3n) is 7.10. The summed E-state index contributed by atoms with van der Waals surface area (Å²) in [6, 6.07) is 16.7. The predicted octanol–water partition coefficient (Wildman–Crippen LogP) is 4.99. The average Bonchev–Trinajstić information content (AvgIpc) is 2.88. The van der Waals surface area contributed by atoms with Crippen LogP contribution in [0.25, 0.3) is 0 Å². The lowest BCUT2D eigenvalue weighted by Gasteiger charge is -2.38. The first-order valence-electron chi connectivity index (χ1n) is 12.4. The maximum Gasteiger partial charge on any atom is 0.225 e. The number of rotatable bonds is 8. The Balaban J connectivity index is 1.37. The van der Waals surface area contributed by atoms with Gasteiger partial charge in [0.1, 0.15) is 5.75 Å². The van der Waals surface area contributed by atoms with Gasteiger partial charge >= 0.3 is 0 Å². The van der Waals surface area contributed by atoms with Crippen LogP contribution in [0.2, 0.25) is 0 Å². The molecule has 1 saturated heterocycles. The van der Waals surface area contributed by atoms with E-state index < -0.39 is 0 Å². The Morgan fingerprint density at radius 3 is 2.42 bits per heavy atom. The highest BCUT2D eigenvalue weighted by molar-refractivity contribution is 5.79. The summed E-state index contributed by atoms with van der Waals surface area (Å²) in [4.78, 5) is 17.5. The lowest BCUT2D eigenvalue weighted by atomic mass is 9.88. The molecule has 2 aromatic rings. The Morgan fingerprint density at radius 2 is 1.73 bits per heavy atom. The van der Waals surface area contributed by atoms with Gasteiger partial charge < -0.3 is 14.4 Å². The Labute approximate surface area is 198 Å². The predicted molar refractivity (Wildman–Crippen MR) is 131 cm³/mol. The van der Waals surface area contributed by atoms with E-state index in [0.717, 1.165) is 56.9 Å². The smallest absolute Gasteiger partial charge is 0.225 e. The molecule has 33 heavy (non-hydrogen) atoms. The van der Waals surface area contributed by atoms with E-state index in [4.69, 9.17) is 9.47 Å². The number of nitrogens with zero attached hydrogens (tertiary/aromatic N) is 2. The van der Waals surface area contributed by atoms with Gasteiger partial charge in [-0.1, -0.05) is 61.2 Å². The zero-order chi connectivity index (χ0) is 23.0. The summed E-state index contributed by atoms with van der Waals surface area (Å²) in [5.74, 6) is 1.49. The molecule has 1 amide bonds. The Bertz CT molecular complexity index is 884. The number of carbonyl (C=O) groups is 1. The molecule has 2 aromatic carbocycles. The minimum absolute atomic E-state index is 0.0537. The number of hydrogen-bond donors (Lipinski definition) is 0. The van der Waals surface area contributed by atoms with Gasteiger partial charge in [0, 0.05) is 38.6 Å². The monoisotopic (exact) mass is 450 g/mol. The molecule has 2 aliphatic rings. The number of amides is 1. The van der Waals surface area contributed by atoms with Gasteiger partial charge in [-0.25, -0.2) is 0 Å². The number of methoxy groups -OCH3 is 1. The van der Waals surface area contributed by atoms with E-state index >= 15 is 0 Å². The normalized spacial score (nSPS) is 18.8. The molecule has 0 bridgehead atoms. The summed E-state index contributed by atoms with van der Waals surface area (Å²) in [5.41, 5.74) is 3.56.